The minimum atomic E-state index is -0.324. The highest BCUT2D eigenvalue weighted by atomic mass is 35.5. The van der Waals surface area contributed by atoms with Crippen LogP contribution in [0.4, 0.5) is 0 Å². The Hall–Kier alpha value is -2.83. The summed E-state index contributed by atoms with van der Waals surface area (Å²) in [4.78, 5) is 12.2. The third-order valence-electron chi connectivity index (χ3n) is 4.62. The van der Waals surface area contributed by atoms with Crippen molar-refractivity contribution in [1.82, 2.24) is 10.6 Å². The summed E-state index contributed by atoms with van der Waals surface area (Å²) in [5.41, 5.74) is 3.07. The van der Waals surface area contributed by atoms with E-state index in [-0.39, 0.29) is 17.6 Å². The first kappa shape index (κ1) is 22.8. The van der Waals surface area contributed by atoms with E-state index in [4.69, 9.17) is 33.0 Å². The lowest BCUT2D eigenvalue weighted by Crippen LogP contribution is -2.41. The number of amides is 1. The maximum atomic E-state index is 12.2. The van der Waals surface area contributed by atoms with Crippen LogP contribution in [0, 0.1) is 6.92 Å². The van der Waals surface area contributed by atoms with Crippen molar-refractivity contribution in [3.63, 3.8) is 0 Å². The van der Waals surface area contributed by atoms with Gasteiger partial charge in [-0.2, -0.15) is 0 Å². The molecule has 0 aliphatic rings. The van der Waals surface area contributed by atoms with Crippen LogP contribution < -0.4 is 15.4 Å². The molecule has 0 radical (unpaired) electrons. The van der Waals surface area contributed by atoms with Gasteiger partial charge < -0.3 is 19.8 Å². The number of carbonyl (C=O) groups excluding carboxylic acids is 1. The molecule has 0 aliphatic carbocycles. The summed E-state index contributed by atoms with van der Waals surface area (Å²) in [6, 6.07) is 17.1. The van der Waals surface area contributed by atoms with Gasteiger partial charge in [-0.15, -0.1) is 0 Å². The molecule has 0 saturated heterocycles. The second-order valence-corrected chi connectivity index (χ2v) is 8.33. The van der Waals surface area contributed by atoms with Crippen LogP contribution in [-0.4, -0.2) is 17.6 Å². The Morgan fingerprint density at radius 3 is 2.58 bits per heavy atom. The molecular formula is C24H25ClN2O3S. The number of hydrogen-bond donors (Lipinski definition) is 2. The topological polar surface area (TPSA) is 63.5 Å². The monoisotopic (exact) mass is 456 g/mol. The lowest BCUT2D eigenvalue weighted by atomic mass is 10.0. The van der Waals surface area contributed by atoms with Crippen LogP contribution in [0.5, 0.6) is 5.75 Å². The third kappa shape index (κ3) is 6.57. The van der Waals surface area contributed by atoms with E-state index in [0.717, 1.165) is 22.5 Å². The summed E-state index contributed by atoms with van der Waals surface area (Å²) in [6.07, 6.45) is 0. The Balaban J connectivity index is 1.47. The number of thiocarbonyl (C=S) groups is 1. The maximum Gasteiger partial charge on any atom is 0.264 e. The maximum absolute atomic E-state index is 12.2. The number of benzene rings is 2. The lowest BCUT2D eigenvalue weighted by Gasteiger charge is -2.15. The summed E-state index contributed by atoms with van der Waals surface area (Å²) in [5, 5.41) is 6.48. The molecule has 0 spiro atoms. The smallest absolute Gasteiger partial charge is 0.264 e. The van der Waals surface area contributed by atoms with Crippen molar-refractivity contribution in [2.75, 3.05) is 6.61 Å². The Bertz CT molecular complexity index is 1060. The fraction of sp³-hybridized carbons (Fsp3) is 0.250. The molecule has 0 aliphatic heterocycles. The summed E-state index contributed by atoms with van der Waals surface area (Å²) in [6.45, 7) is 6.39. The number of carbonyl (C=O) groups is 1. The van der Waals surface area contributed by atoms with Gasteiger partial charge in [0.25, 0.3) is 5.91 Å². The average Bonchev–Trinajstić information content (AvgIpc) is 3.20. The van der Waals surface area contributed by atoms with Gasteiger partial charge in [0.1, 0.15) is 17.3 Å². The zero-order chi connectivity index (χ0) is 22.4. The van der Waals surface area contributed by atoms with Crippen LogP contribution >= 0.6 is 23.8 Å². The van der Waals surface area contributed by atoms with Crippen LogP contribution in [0.1, 0.15) is 36.7 Å². The number of aryl methyl sites for hydroxylation is 1. The molecule has 0 bridgehead atoms. The van der Waals surface area contributed by atoms with Gasteiger partial charge in [-0.05, 0) is 78.7 Å². The first-order valence-corrected chi connectivity index (χ1v) is 10.8. The molecule has 3 aromatic rings. The quantitative estimate of drug-likeness (QED) is 0.453. The zero-order valence-corrected chi connectivity index (χ0v) is 19.3. The van der Waals surface area contributed by atoms with Crippen molar-refractivity contribution in [3.8, 4) is 17.1 Å². The van der Waals surface area contributed by atoms with E-state index < -0.39 is 0 Å². The largest absolute Gasteiger partial charge is 0.483 e. The zero-order valence-electron chi connectivity index (χ0n) is 17.7. The molecule has 1 heterocycles. The van der Waals surface area contributed by atoms with Gasteiger partial charge in [0.15, 0.2) is 11.7 Å². The minimum Gasteiger partial charge on any atom is -0.483 e. The highest BCUT2D eigenvalue weighted by Crippen LogP contribution is 2.27. The van der Waals surface area contributed by atoms with Gasteiger partial charge >= 0.3 is 0 Å². The van der Waals surface area contributed by atoms with Crippen molar-refractivity contribution in [1.29, 1.82) is 0 Å². The van der Waals surface area contributed by atoms with Crippen LogP contribution in [-0.2, 0) is 11.3 Å². The van der Waals surface area contributed by atoms with Crippen LogP contribution in [0.15, 0.2) is 59.0 Å². The summed E-state index contributed by atoms with van der Waals surface area (Å²) >= 11 is 11.1. The third-order valence-corrected chi connectivity index (χ3v) is 5.11. The van der Waals surface area contributed by atoms with Gasteiger partial charge in [-0.1, -0.05) is 37.6 Å². The van der Waals surface area contributed by atoms with Gasteiger partial charge in [0, 0.05) is 10.6 Å². The Morgan fingerprint density at radius 1 is 1.13 bits per heavy atom. The number of hydrogen-bond acceptors (Lipinski definition) is 4. The Morgan fingerprint density at radius 2 is 1.87 bits per heavy atom. The predicted molar refractivity (Wildman–Crippen MR) is 127 cm³/mol. The van der Waals surface area contributed by atoms with Gasteiger partial charge in [0.2, 0.25) is 0 Å². The van der Waals surface area contributed by atoms with E-state index in [9.17, 15) is 4.79 Å². The number of halogens is 1. The molecule has 31 heavy (non-hydrogen) atoms. The molecule has 1 aromatic heterocycles. The highest BCUT2D eigenvalue weighted by Gasteiger charge is 2.12. The number of furan rings is 1. The van der Waals surface area contributed by atoms with Crippen molar-refractivity contribution < 1.29 is 13.9 Å². The van der Waals surface area contributed by atoms with E-state index in [1.807, 2.05) is 61.5 Å². The van der Waals surface area contributed by atoms with Crippen LogP contribution in [0.25, 0.3) is 11.3 Å². The van der Waals surface area contributed by atoms with Gasteiger partial charge in [-0.3, -0.25) is 4.79 Å². The number of rotatable bonds is 7. The SMILES string of the molecule is Cc1ccc(C(C)C)c(OCC(=O)NC(=S)NCc2ccc(-c3ccc(Cl)cc3)o2)c1. The molecule has 0 unspecified atom stereocenters. The van der Waals surface area contributed by atoms with Gasteiger partial charge in [-0.25, -0.2) is 0 Å². The number of nitrogens with one attached hydrogen (secondary N) is 2. The molecule has 1 amide bonds. The second-order valence-electron chi connectivity index (χ2n) is 7.49. The first-order chi connectivity index (χ1) is 14.8. The second kappa shape index (κ2) is 10.5. The summed E-state index contributed by atoms with van der Waals surface area (Å²) < 4.78 is 11.6. The molecular weight excluding hydrogens is 432 g/mol. The Labute approximate surface area is 192 Å². The molecule has 5 nitrogen and oxygen atoms in total. The molecule has 162 valence electrons. The van der Waals surface area contributed by atoms with Gasteiger partial charge in [0.05, 0.1) is 6.54 Å². The molecule has 7 heteroatoms. The van der Waals surface area contributed by atoms with Crippen molar-refractivity contribution in [3.05, 3.63) is 76.5 Å². The van der Waals surface area contributed by atoms with E-state index >= 15 is 0 Å². The first-order valence-electron chi connectivity index (χ1n) is 9.97. The highest BCUT2D eigenvalue weighted by molar-refractivity contribution is 7.80. The van der Waals surface area contributed by atoms with Crippen molar-refractivity contribution in [2.45, 2.75) is 33.2 Å². The average molecular weight is 457 g/mol. The fourth-order valence-electron chi connectivity index (χ4n) is 3.00. The predicted octanol–water partition coefficient (Wildman–Crippen LogP) is 5.60. The minimum absolute atomic E-state index is 0.119. The van der Waals surface area contributed by atoms with Crippen molar-refractivity contribution in [2.24, 2.45) is 0 Å². The normalized spacial score (nSPS) is 10.7. The number of ether oxygens (including phenoxy) is 1. The molecule has 3 rings (SSSR count). The Kier molecular flexibility index (Phi) is 7.71. The molecule has 2 N–H and O–H groups in total. The molecule has 0 saturated carbocycles. The molecule has 0 fully saturated rings. The molecule has 0 atom stereocenters. The van der Waals surface area contributed by atoms with E-state index in [0.29, 0.717) is 29.0 Å². The van der Waals surface area contributed by atoms with E-state index in [2.05, 4.69) is 24.5 Å². The van der Waals surface area contributed by atoms with E-state index in [1.165, 1.54) is 0 Å². The standard InChI is InChI=1S/C24H25ClN2O3S/c1-15(2)20-10-4-16(3)12-22(20)29-14-23(28)27-24(31)26-13-19-9-11-21(30-19)17-5-7-18(25)8-6-17/h4-12,15H,13-14H2,1-3H3,(H2,26,27,28,31). The lowest BCUT2D eigenvalue weighted by molar-refractivity contribution is -0.121. The van der Waals surface area contributed by atoms with E-state index in [1.54, 1.807) is 0 Å². The summed E-state index contributed by atoms with van der Waals surface area (Å²) in [7, 11) is 0. The van der Waals surface area contributed by atoms with Crippen LogP contribution in [0.3, 0.4) is 0 Å². The summed E-state index contributed by atoms with van der Waals surface area (Å²) in [5.74, 6) is 2.12. The molecule has 2 aromatic carbocycles. The van der Waals surface area contributed by atoms with Crippen molar-refractivity contribution >= 4 is 34.8 Å². The van der Waals surface area contributed by atoms with Crippen LogP contribution in [0.2, 0.25) is 5.02 Å². The fourth-order valence-corrected chi connectivity index (χ4v) is 3.32.